The average Bonchev–Trinajstić information content (AvgIpc) is 3.08. The molecule has 5 heteroatoms. The van der Waals surface area contributed by atoms with Crippen molar-refractivity contribution in [1.29, 1.82) is 0 Å². The van der Waals surface area contributed by atoms with Crippen LogP contribution in [0.25, 0.3) is 0 Å². The van der Waals surface area contributed by atoms with Crippen molar-refractivity contribution < 1.29 is 14.3 Å². The minimum atomic E-state index is -0.279. The quantitative estimate of drug-likeness (QED) is 0.711. The lowest BCUT2D eigenvalue weighted by Gasteiger charge is -2.23. The van der Waals surface area contributed by atoms with Crippen LogP contribution in [0.15, 0.2) is 78.9 Å². The van der Waals surface area contributed by atoms with Crippen molar-refractivity contribution in [2.75, 3.05) is 16.8 Å². The van der Waals surface area contributed by atoms with E-state index in [2.05, 4.69) is 5.32 Å². The third-order valence-corrected chi connectivity index (χ3v) is 4.99. The van der Waals surface area contributed by atoms with Gasteiger partial charge < -0.3 is 15.0 Å². The first kappa shape index (κ1) is 18.7. The fourth-order valence-corrected chi connectivity index (χ4v) is 3.65. The minimum absolute atomic E-state index is 0.0834. The molecule has 0 unspecified atom stereocenters. The van der Waals surface area contributed by atoms with Gasteiger partial charge in [0.2, 0.25) is 0 Å². The van der Waals surface area contributed by atoms with Crippen LogP contribution in [0.5, 0.6) is 5.75 Å². The average molecular weight is 386 g/mol. The molecule has 1 heterocycles. The summed E-state index contributed by atoms with van der Waals surface area (Å²) in [7, 11) is 0. The second-order valence-corrected chi connectivity index (χ2v) is 7.05. The van der Waals surface area contributed by atoms with E-state index in [1.807, 2.05) is 61.5 Å². The summed E-state index contributed by atoms with van der Waals surface area (Å²) < 4.78 is 5.78. The highest BCUT2D eigenvalue weighted by Crippen LogP contribution is 2.32. The molecule has 2 amide bonds. The van der Waals surface area contributed by atoms with Gasteiger partial charge in [0.25, 0.3) is 11.8 Å². The van der Waals surface area contributed by atoms with Crippen LogP contribution >= 0.6 is 0 Å². The third-order valence-electron chi connectivity index (χ3n) is 4.99. The molecule has 1 N–H and O–H groups in total. The van der Waals surface area contributed by atoms with Crippen LogP contribution in [0.2, 0.25) is 0 Å². The molecule has 0 saturated heterocycles. The van der Waals surface area contributed by atoms with Gasteiger partial charge in [0.05, 0.1) is 5.56 Å². The van der Waals surface area contributed by atoms with Gasteiger partial charge in [-0.15, -0.1) is 0 Å². The minimum Gasteiger partial charge on any atom is -0.483 e. The molecule has 1 aliphatic rings. The van der Waals surface area contributed by atoms with Crippen LogP contribution in [-0.2, 0) is 11.2 Å². The molecule has 0 aliphatic carbocycles. The number of anilines is 2. The van der Waals surface area contributed by atoms with Crippen LogP contribution in [0.3, 0.4) is 0 Å². The first-order valence-corrected chi connectivity index (χ1v) is 9.61. The summed E-state index contributed by atoms with van der Waals surface area (Å²) >= 11 is 0. The monoisotopic (exact) mass is 386 g/mol. The van der Waals surface area contributed by atoms with Crippen LogP contribution < -0.4 is 15.0 Å². The number of benzene rings is 3. The summed E-state index contributed by atoms with van der Waals surface area (Å²) in [5.74, 6) is -0.0192. The van der Waals surface area contributed by atoms with E-state index in [0.29, 0.717) is 17.0 Å². The predicted octanol–water partition coefficient (Wildman–Crippen LogP) is 4.30. The molecule has 5 nitrogen and oxygen atoms in total. The Balaban J connectivity index is 1.47. The van der Waals surface area contributed by atoms with E-state index in [9.17, 15) is 9.59 Å². The topological polar surface area (TPSA) is 58.6 Å². The lowest BCUT2D eigenvalue weighted by Crippen LogP contribution is -2.39. The molecule has 0 radical (unpaired) electrons. The molecule has 0 aromatic heterocycles. The third kappa shape index (κ3) is 3.99. The van der Waals surface area contributed by atoms with Gasteiger partial charge in [0.1, 0.15) is 5.75 Å². The maximum absolute atomic E-state index is 12.9. The first-order chi connectivity index (χ1) is 14.1. The summed E-state index contributed by atoms with van der Waals surface area (Å²) in [5, 5.41) is 2.85. The molecule has 1 atom stereocenters. The number of para-hydroxylation sites is 3. The van der Waals surface area contributed by atoms with Crippen molar-refractivity contribution in [2.45, 2.75) is 19.4 Å². The highest BCUT2D eigenvalue weighted by Gasteiger charge is 2.30. The maximum atomic E-state index is 12.9. The van der Waals surface area contributed by atoms with Crippen LogP contribution in [-0.4, -0.2) is 24.5 Å². The second-order valence-electron chi connectivity index (χ2n) is 7.05. The van der Waals surface area contributed by atoms with Crippen molar-refractivity contribution in [3.63, 3.8) is 0 Å². The molecule has 146 valence electrons. The Kier molecular flexibility index (Phi) is 5.29. The lowest BCUT2D eigenvalue weighted by atomic mass is 10.1. The standard InChI is InChI=1S/C24H22N2O3/c1-17-15-18-9-5-7-13-21(18)26(17)23(27)16-29-22-14-8-6-12-20(22)24(28)25-19-10-3-2-4-11-19/h2-14,17H,15-16H2,1H3,(H,25,28)/t17-/m1/s1. The van der Waals surface area contributed by atoms with Gasteiger partial charge >= 0.3 is 0 Å². The zero-order valence-corrected chi connectivity index (χ0v) is 16.2. The molecule has 0 spiro atoms. The molecule has 0 fully saturated rings. The normalized spacial score (nSPS) is 14.9. The Labute approximate surface area is 169 Å². The Morgan fingerprint density at radius 1 is 0.966 bits per heavy atom. The number of rotatable bonds is 5. The number of ether oxygens (including phenoxy) is 1. The van der Waals surface area contributed by atoms with Gasteiger partial charge in [-0.1, -0.05) is 48.5 Å². The number of fused-ring (bicyclic) bond motifs is 1. The fraction of sp³-hybridized carbons (Fsp3) is 0.167. The fourth-order valence-electron chi connectivity index (χ4n) is 3.65. The first-order valence-electron chi connectivity index (χ1n) is 9.61. The van der Waals surface area contributed by atoms with Crippen LogP contribution in [0.4, 0.5) is 11.4 Å². The van der Waals surface area contributed by atoms with Crippen molar-refractivity contribution in [1.82, 2.24) is 0 Å². The number of nitrogens with zero attached hydrogens (tertiary/aromatic N) is 1. The number of carbonyl (C=O) groups excluding carboxylic acids is 2. The Bertz CT molecular complexity index is 1030. The molecule has 4 rings (SSSR count). The smallest absolute Gasteiger partial charge is 0.265 e. The highest BCUT2D eigenvalue weighted by molar-refractivity contribution is 6.06. The SMILES string of the molecule is C[C@@H]1Cc2ccccc2N1C(=O)COc1ccccc1C(=O)Nc1ccccc1. The van der Waals surface area contributed by atoms with E-state index in [1.165, 1.54) is 0 Å². The zero-order chi connectivity index (χ0) is 20.2. The molecule has 29 heavy (non-hydrogen) atoms. The van der Waals surface area contributed by atoms with Crippen molar-refractivity contribution in [2.24, 2.45) is 0 Å². The van der Waals surface area contributed by atoms with E-state index in [0.717, 1.165) is 17.7 Å². The zero-order valence-electron chi connectivity index (χ0n) is 16.2. The van der Waals surface area contributed by atoms with Gasteiger partial charge in [-0.3, -0.25) is 9.59 Å². The maximum Gasteiger partial charge on any atom is 0.265 e. The summed E-state index contributed by atoms with van der Waals surface area (Å²) in [6.45, 7) is 1.90. The Hall–Kier alpha value is -3.60. The summed E-state index contributed by atoms with van der Waals surface area (Å²) in [5.41, 5.74) is 3.18. The number of hydrogen-bond acceptors (Lipinski definition) is 3. The second kappa shape index (κ2) is 8.19. The van der Waals surface area contributed by atoms with E-state index in [1.54, 1.807) is 29.2 Å². The Morgan fingerprint density at radius 3 is 2.48 bits per heavy atom. The molecule has 3 aromatic rings. The molecule has 1 aliphatic heterocycles. The number of nitrogens with one attached hydrogen (secondary N) is 1. The Morgan fingerprint density at radius 2 is 1.66 bits per heavy atom. The van der Waals surface area contributed by atoms with Gasteiger partial charge in [0.15, 0.2) is 6.61 Å². The van der Waals surface area contributed by atoms with Crippen molar-refractivity contribution in [3.8, 4) is 5.75 Å². The highest BCUT2D eigenvalue weighted by atomic mass is 16.5. The van der Waals surface area contributed by atoms with Gasteiger partial charge in [-0.2, -0.15) is 0 Å². The molecular formula is C24H22N2O3. The van der Waals surface area contributed by atoms with Gasteiger partial charge in [-0.25, -0.2) is 0 Å². The lowest BCUT2D eigenvalue weighted by molar-refractivity contribution is -0.120. The summed E-state index contributed by atoms with van der Waals surface area (Å²) in [6.07, 6.45) is 0.831. The van der Waals surface area contributed by atoms with Crippen molar-refractivity contribution in [3.05, 3.63) is 90.0 Å². The molecule has 0 saturated carbocycles. The molecular weight excluding hydrogens is 364 g/mol. The van der Waals surface area contributed by atoms with E-state index < -0.39 is 0 Å². The molecule has 3 aromatic carbocycles. The van der Waals surface area contributed by atoms with E-state index in [4.69, 9.17) is 4.74 Å². The largest absolute Gasteiger partial charge is 0.483 e. The van der Waals surface area contributed by atoms with E-state index >= 15 is 0 Å². The van der Waals surface area contributed by atoms with Gasteiger partial charge in [0, 0.05) is 17.4 Å². The van der Waals surface area contributed by atoms with E-state index in [-0.39, 0.29) is 24.5 Å². The molecule has 0 bridgehead atoms. The number of carbonyl (C=O) groups is 2. The van der Waals surface area contributed by atoms with Crippen molar-refractivity contribution >= 4 is 23.2 Å². The van der Waals surface area contributed by atoms with Gasteiger partial charge in [-0.05, 0) is 49.2 Å². The summed E-state index contributed by atoms with van der Waals surface area (Å²) in [4.78, 5) is 27.3. The van der Waals surface area contributed by atoms with Crippen LogP contribution in [0.1, 0.15) is 22.8 Å². The number of amides is 2. The predicted molar refractivity (Wildman–Crippen MR) is 113 cm³/mol. The van der Waals surface area contributed by atoms with Crippen LogP contribution in [0, 0.1) is 0 Å². The summed E-state index contributed by atoms with van der Waals surface area (Å²) in [6, 6.07) is 24.2. The number of hydrogen-bond donors (Lipinski definition) is 1.